The number of aliphatic hydroxyl groups excluding tert-OH is 1. The maximum absolute atomic E-state index is 13.1. The predicted molar refractivity (Wildman–Crippen MR) is 109 cm³/mol. The molecule has 3 atom stereocenters. The van der Waals surface area contributed by atoms with Gasteiger partial charge in [0.05, 0.1) is 18.7 Å². The Morgan fingerprint density at radius 2 is 1.57 bits per heavy atom. The summed E-state index contributed by atoms with van der Waals surface area (Å²) in [5.74, 6) is -0.120. The van der Waals surface area contributed by atoms with Crippen LogP contribution in [0.5, 0.6) is 0 Å². The van der Waals surface area contributed by atoms with Crippen LogP contribution < -0.4 is 0 Å². The molecule has 1 heterocycles. The SMILES string of the molecule is CC(=O)N1[C@H](CO)[C@H](c2ccccc2)[C@@H]1CN(C(=O)c1ccccc1)C(C)C. The number of likely N-dealkylation sites (tertiary alicyclic amines) is 1. The Morgan fingerprint density at radius 1 is 1.00 bits per heavy atom. The number of aliphatic hydroxyl groups is 1. The molecule has 5 heteroatoms. The van der Waals surface area contributed by atoms with Crippen LogP contribution in [0.3, 0.4) is 0 Å². The molecule has 0 unspecified atom stereocenters. The van der Waals surface area contributed by atoms with Crippen LogP contribution in [0, 0.1) is 0 Å². The minimum atomic E-state index is -0.259. The van der Waals surface area contributed by atoms with Gasteiger partial charge in [-0.2, -0.15) is 0 Å². The monoisotopic (exact) mass is 380 g/mol. The molecule has 1 aliphatic rings. The molecule has 0 aliphatic carbocycles. The first-order valence-corrected chi connectivity index (χ1v) is 9.76. The standard InChI is InChI=1S/C23H28N2O3/c1-16(2)24(23(28)19-12-8-5-9-13-19)14-20-22(18-10-6-4-7-11-18)21(15-26)25(20)17(3)27/h4-13,16,20-22,26H,14-15H2,1-3H3/t20-,21+,22+/m0/s1. The molecule has 2 amide bonds. The molecule has 0 saturated carbocycles. The molecular formula is C23H28N2O3. The molecule has 1 fully saturated rings. The summed E-state index contributed by atoms with van der Waals surface area (Å²) in [6.07, 6.45) is 0. The van der Waals surface area contributed by atoms with Crippen molar-refractivity contribution in [3.63, 3.8) is 0 Å². The number of benzene rings is 2. The molecule has 0 aromatic heterocycles. The minimum absolute atomic E-state index is 0.0000710. The maximum Gasteiger partial charge on any atom is 0.254 e. The van der Waals surface area contributed by atoms with Crippen molar-refractivity contribution in [3.8, 4) is 0 Å². The largest absolute Gasteiger partial charge is 0.394 e. The highest BCUT2D eigenvalue weighted by molar-refractivity contribution is 5.94. The van der Waals surface area contributed by atoms with E-state index in [2.05, 4.69) is 0 Å². The lowest BCUT2D eigenvalue weighted by Gasteiger charge is -2.56. The van der Waals surface area contributed by atoms with Gasteiger partial charge in [0.1, 0.15) is 0 Å². The van der Waals surface area contributed by atoms with Crippen molar-refractivity contribution < 1.29 is 14.7 Å². The van der Waals surface area contributed by atoms with Crippen molar-refractivity contribution in [1.82, 2.24) is 9.80 Å². The van der Waals surface area contributed by atoms with Crippen molar-refractivity contribution in [2.24, 2.45) is 0 Å². The molecule has 5 nitrogen and oxygen atoms in total. The molecule has 0 spiro atoms. The van der Waals surface area contributed by atoms with Crippen LogP contribution in [0.25, 0.3) is 0 Å². The molecule has 2 aromatic carbocycles. The molecule has 1 saturated heterocycles. The van der Waals surface area contributed by atoms with Gasteiger partial charge in [-0.15, -0.1) is 0 Å². The van der Waals surface area contributed by atoms with E-state index in [1.807, 2.05) is 79.4 Å². The van der Waals surface area contributed by atoms with Gasteiger partial charge < -0.3 is 14.9 Å². The van der Waals surface area contributed by atoms with Crippen molar-refractivity contribution in [2.45, 2.75) is 44.8 Å². The Labute approximate surface area is 166 Å². The van der Waals surface area contributed by atoms with E-state index < -0.39 is 0 Å². The zero-order chi connectivity index (χ0) is 20.3. The molecular weight excluding hydrogens is 352 g/mol. The van der Waals surface area contributed by atoms with E-state index in [4.69, 9.17) is 0 Å². The van der Waals surface area contributed by atoms with Gasteiger partial charge >= 0.3 is 0 Å². The molecule has 3 rings (SSSR count). The first kappa shape index (κ1) is 20.1. The van der Waals surface area contributed by atoms with Crippen molar-refractivity contribution >= 4 is 11.8 Å². The third-order valence-electron chi connectivity index (χ3n) is 5.57. The lowest BCUT2D eigenvalue weighted by molar-refractivity contribution is -0.149. The number of hydrogen-bond donors (Lipinski definition) is 1. The van der Waals surface area contributed by atoms with Gasteiger partial charge in [-0.25, -0.2) is 0 Å². The summed E-state index contributed by atoms with van der Waals surface area (Å²) in [5.41, 5.74) is 1.72. The summed E-state index contributed by atoms with van der Waals surface area (Å²) in [5, 5.41) is 9.91. The van der Waals surface area contributed by atoms with Gasteiger partial charge in [-0.05, 0) is 31.5 Å². The molecule has 0 radical (unpaired) electrons. The summed E-state index contributed by atoms with van der Waals surface area (Å²) >= 11 is 0. The Morgan fingerprint density at radius 3 is 2.07 bits per heavy atom. The smallest absolute Gasteiger partial charge is 0.254 e. The van der Waals surface area contributed by atoms with Gasteiger partial charge in [0.25, 0.3) is 5.91 Å². The Balaban J connectivity index is 1.90. The first-order chi connectivity index (χ1) is 13.5. The number of carbonyl (C=O) groups excluding carboxylic acids is 2. The summed E-state index contributed by atoms with van der Waals surface area (Å²) < 4.78 is 0. The van der Waals surface area contributed by atoms with Crippen molar-refractivity contribution in [3.05, 3.63) is 71.8 Å². The van der Waals surface area contributed by atoms with E-state index in [1.54, 1.807) is 4.90 Å². The predicted octanol–water partition coefficient (Wildman–Crippen LogP) is 2.91. The maximum atomic E-state index is 13.1. The minimum Gasteiger partial charge on any atom is -0.394 e. The highest BCUT2D eigenvalue weighted by atomic mass is 16.3. The van der Waals surface area contributed by atoms with Crippen LogP contribution >= 0.6 is 0 Å². The fourth-order valence-electron chi connectivity index (χ4n) is 4.21. The third kappa shape index (κ3) is 3.80. The normalized spacial score (nSPS) is 21.3. The Kier molecular flexibility index (Phi) is 6.15. The summed E-state index contributed by atoms with van der Waals surface area (Å²) in [6, 6.07) is 18.7. The summed E-state index contributed by atoms with van der Waals surface area (Å²) in [7, 11) is 0. The topological polar surface area (TPSA) is 60.9 Å². The lowest BCUT2D eigenvalue weighted by Crippen LogP contribution is -2.68. The fraction of sp³-hybridized carbons (Fsp3) is 0.391. The lowest BCUT2D eigenvalue weighted by atomic mass is 9.74. The molecule has 1 N–H and O–H groups in total. The van der Waals surface area contributed by atoms with Crippen LogP contribution in [0.4, 0.5) is 0 Å². The quantitative estimate of drug-likeness (QED) is 0.838. The summed E-state index contributed by atoms with van der Waals surface area (Å²) in [4.78, 5) is 28.9. The van der Waals surface area contributed by atoms with E-state index in [1.165, 1.54) is 6.92 Å². The number of nitrogens with zero attached hydrogens (tertiary/aromatic N) is 2. The first-order valence-electron chi connectivity index (χ1n) is 9.76. The highest BCUT2D eigenvalue weighted by Crippen LogP contribution is 2.41. The Hall–Kier alpha value is -2.66. The van der Waals surface area contributed by atoms with Gasteiger partial charge in [-0.3, -0.25) is 9.59 Å². The van der Waals surface area contributed by atoms with Gasteiger partial charge in [0.2, 0.25) is 5.91 Å². The highest BCUT2D eigenvalue weighted by Gasteiger charge is 2.51. The van der Waals surface area contributed by atoms with Gasteiger partial charge in [0.15, 0.2) is 0 Å². The van der Waals surface area contributed by atoms with Crippen molar-refractivity contribution in [1.29, 1.82) is 0 Å². The van der Waals surface area contributed by atoms with E-state index >= 15 is 0 Å². The molecule has 1 aliphatic heterocycles. The zero-order valence-corrected chi connectivity index (χ0v) is 16.7. The van der Waals surface area contributed by atoms with Crippen LogP contribution in [-0.4, -0.2) is 58.0 Å². The average Bonchev–Trinajstić information content (AvgIpc) is 2.68. The molecule has 0 bridgehead atoms. The van der Waals surface area contributed by atoms with Crippen molar-refractivity contribution in [2.75, 3.05) is 13.2 Å². The van der Waals surface area contributed by atoms with E-state index in [-0.39, 0.29) is 42.5 Å². The summed E-state index contributed by atoms with van der Waals surface area (Å²) in [6.45, 7) is 5.83. The third-order valence-corrected chi connectivity index (χ3v) is 5.57. The van der Waals surface area contributed by atoms with Gasteiger partial charge in [-0.1, -0.05) is 48.5 Å². The van der Waals surface area contributed by atoms with Crippen LogP contribution in [0.15, 0.2) is 60.7 Å². The molecule has 148 valence electrons. The second-order valence-corrected chi connectivity index (χ2v) is 7.60. The van der Waals surface area contributed by atoms with Gasteiger partial charge in [0, 0.05) is 31.0 Å². The second-order valence-electron chi connectivity index (χ2n) is 7.60. The number of hydrogen-bond acceptors (Lipinski definition) is 3. The van der Waals surface area contributed by atoms with Crippen LogP contribution in [-0.2, 0) is 4.79 Å². The molecule has 2 aromatic rings. The average molecular weight is 380 g/mol. The Bertz CT molecular complexity index is 807. The van der Waals surface area contributed by atoms with Crippen LogP contribution in [0.2, 0.25) is 0 Å². The second kappa shape index (κ2) is 8.57. The zero-order valence-electron chi connectivity index (χ0n) is 16.7. The number of carbonyl (C=O) groups is 2. The van der Waals surface area contributed by atoms with E-state index in [0.29, 0.717) is 12.1 Å². The molecule has 28 heavy (non-hydrogen) atoms. The van der Waals surface area contributed by atoms with E-state index in [9.17, 15) is 14.7 Å². The van der Waals surface area contributed by atoms with E-state index in [0.717, 1.165) is 5.56 Å². The fourth-order valence-corrected chi connectivity index (χ4v) is 4.21. The number of rotatable bonds is 6. The number of amides is 2. The van der Waals surface area contributed by atoms with Crippen LogP contribution in [0.1, 0.15) is 42.6 Å².